The molecule has 2 aromatic carbocycles. The molecule has 2 rings (SSSR count). The van der Waals surface area contributed by atoms with E-state index in [-0.39, 0.29) is 0 Å². The van der Waals surface area contributed by atoms with Gasteiger partial charge >= 0.3 is 0 Å². The summed E-state index contributed by atoms with van der Waals surface area (Å²) in [5.74, 6) is 0. The molecule has 0 saturated heterocycles. The van der Waals surface area contributed by atoms with Gasteiger partial charge in [-0.05, 0) is 23.3 Å². The van der Waals surface area contributed by atoms with Gasteiger partial charge in [0.2, 0.25) is 0 Å². The van der Waals surface area contributed by atoms with Crippen molar-refractivity contribution in [1.82, 2.24) is 0 Å². The van der Waals surface area contributed by atoms with Crippen molar-refractivity contribution >= 4 is 20.2 Å². The lowest BCUT2D eigenvalue weighted by molar-refractivity contribution is 0.466. The molecule has 0 unspecified atom stereocenters. The minimum atomic E-state index is -4.79. The Bertz CT molecular complexity index is 839. The molecule has 0 saturated carbocycles. The summed E-state index contributed by atoms with van der Waals surface area (Å²) in [6, 6.07) is 11.9. The van der Waals surface area contributed by atoms with E-state index in [0.717, 1.165) is 12.1 Å². The lowest BCUT2D eigenvalue weighted by atomic mass is 10.1. The fourth-order valence-electron chi connectivity index (χ4n) is 1.73. The Labute approximate surface area is 116 Å². The van der Waals surface area contributed by atoms with Crippen molar-refractivity contribution in [3.05, 3.63) is 48.5 Å². The molecule has 0 aromatic heterocycles. The van der Waals surface area contributed by atoms with E-state index < -0.39 is 30.0 Å². The minimum absolute atomic E-state index is 0.394. The second kappa shape index (κ2) is 4.98. The van der Waals surface area contributed by atoms with Crippen molar-refractivity contribution in [2.75, 3.05) is 0 Å². The summed E-state index contributed by atoms with van der Waals surface area (Å²) in [6.07, 6.45) is 0. The number of benzene rings is 2. The van der Waals surface area contributed by atoms with Crippen molar-refractivity contribution in [1.29, 1.82) is 0 Å². The molecule has 0 aliphatic rings. The summed E-state index contributed by atoms with van der Waals surface area (Å²) in [6.45, 7) is 0. The highest BCUT2D eigenvalue weighted by Crippen LogP contribution is 2.27. The molecule has 0 bridgehead atoms. The minimum Gasteiger partial charge on any atom is -0.282 e. The molecule has 0 radical (unpaired) electrons. The van der Waals surface area contributed by atoms with Crippen LogP contribution in [0.3, 0.4) is 0 Å². The molecular formula is C12H10O6S2. The van der Waals surface area contributed by atoms with E-state index >= 15 is 0 Å². The fraction of sp³-hybridized carbons (Fsp3) is 0. The van der Waals surface area contributed by atoms with Crippen molar-refractivity contribution in [2.45, 2.75) is 9.79 Å². The average molecular weight is 314 g/mol. The molecule has 2 aromatic rings. The molecule has 0 aliphatic heterocycles. The van der Waals surface area contributed by atoms with E-state index in [0.29, 0.717) is 11.1 Å². The average Bonchev–Trinajstić information content (AvgIpc) is 2.37. The SMILES string of the molecule is O=S(=O)(O)c1ccc(-c2ccccc2)cc1S(=O)(=O)O. The van der Waals surface area contributed by atoms with Crippen molar-refractivity contribution in [2.24, 2.45) is 0 Å². The zero-order chi connectivity index (χ0) is 15.0. The summed E-state index contributed by atoms with van der Waals surface area (Å²) >= 11 is 0. The summed E-state index contributed by atoms with van der Waals surface area (Å²) in [5.41, 5.74) is 1.03. The van der Waals surface area contributed by atoms with E-state index in [2.05, 4.69) is 0 Å². The highest BCUT2D eigenvalue weighted by atomic mass is 32.2. The molecule has 6 nitrogen and oxygen atoms in total. The Morgan fingerprint density at radius 3 is 1.70 bits per heavy atom. The predicted octanol–water partition coefficient (Wildman–Crippen LogP) is 1.85. The van der Waals surface area contributed by atoms with Gasteiger partial charge in [0.05, 0.1) is 0 Å². The van der Waals surface area contributed by atoms with Gasteiger partial charge in [-0.2, -0.15) is 16.8 Å². The molecule has 2 N–H and O–H groups in total. The first-order chi connectivity index (χ1) is 9.19. The van der Waals surface area contributed by atoms with Gasteiger partial charge < -0.3 is 0 Å². The van der Waals surface area contributed by atoms with Gasteiger partial charge in [-0.25, -0.2) is 0 Å². The van der Waals surface area contributed by atoms with Crippen molar-refractivity contribution in [3.63, 3.8) is 0 Å². The van der Waals surface area contributed by atoms with Crippen LogP contribution in [0, 0.1) is 0 Å². The first-order valence-corrected chi connectivity index (χ1v) is 8.22. The highest BCUT2D eigenvalue weighted by molar-refractivity contribution is 7.89. The molecule has 106 valence electrons. The predicted molar refractivity (Wildman–Crippen MR) is 71.5 cm³/mol. The van der Waals surface area contributed by atoms with Gasteiger partial charge in [-0.3, -0.25) is 9.11 Å². The Kier molecular flexibility index (Phi) is 3.65. The number of hydrogen-bond donors (Lipinski definition) is 2. The smallest absolute Gasteiger partial charge is 0.282 e. The van der Waals surface area contributed by atoms with Gasteiger partial charge in [0, 0.05) is 0 Å². The van der Waals surface area contributed by atoms with Crippen LogP contribution in [0.1, 0.15) is 0 Å². The maximum Gasteiger partial charge on any atom is 0.295 e. The third-order valence-electron chi connectivity index (χ3n) is 2.61. The van der Waals surface area contributed by atoms with Gasteiger partial charge in [0.25, 0.3) is 20.2 Å². The summed E-state index contributed by atoms with van der Waals surface area (Å²) < 4.78 is 62.9. The van der Waals surface area contributed by atoms with Crippen LogP contribution in [0.2, 0.25) is 0 Å². The zero-order valence-corrected chi connectivity index (χ0v) is 11.6. The normalized spacial score (nSPS) is 12.3. The molecule has 0 aliphatic carbocycles. The Morgan fingerprint density at radius 2 is 1.20 bits per heavy atom. The lowest BCUT2D eigenvalue weighted by Crippen LogP contribution is -2.08. The molecule has 20 heavy (non-hydrogen) atoms. The summed E-state index contributed by atoms with van der Waals surface area (Å²) in [7, 11) is -9.54. The molecule has 8 heteroatoms. The van der Waals surface area contributed by atoms with Crippen molar-refractivity contribution in [3.8, 4) is 11.1 Å². The van der Waals surface area contributed by atoms with Crippen LogP contribution in [-0.4, -0.2) is 25.9 Å². The van der Waals surface area contributed by atoms with Crippen LogP contribution in [0.4, 0.5) is 0 Å². The number of rotatable bonds is 3. The molecule has 0 amide bonds. The van der Waals surface area contributed by atoms with E-state index in [4.69, 9.17) is 9.11 Å². The molecular weight excluding hydrogens is 304 g/mol. The lowest BCUT2D eigenvalue weighted by Gasteiger charge is -2.07. The molecule has 0 fully saturated rings. The Hall–Kier alpha value is -1.74. The maximum absolute atomic E-state index is 11.3. The van der Waals surface area contributed by atoms with E-state index in [1.165, 1.54) is 6.07 Å². The van der Waals surface area contributed by atoms with E-state index in [9.17, 15) is 16.8 Å². The monoisotopic (exact) mass is 314 g/mol. The van der Waals surface area contributed by atoms with Gasteiger partial charge in [-0.1, -0.05) is 36.4 Å². The van der Waals surface area contributed by atoms with Crippen LogP contribution in [0.15, 0.2) is 58.3 Å². The van der Waals surface area contributed by atoms with Gasteiger partial charge in [0.15, 0.2) is 0 Å². The zero-order valence-electron chi connectivity index (χ0n) is 9.96. The third kappa shape index (κ3) is 3.05. The standard InChI is InChI=1S/C12H10O6S2/c13-19(14,15)11-7-6-10(8-12(11)20(16,17)18)9-4-2-1-3-5-9/h1-8H,(H,13,14,15)(H,16,17,18). The fourth-order valence-corrected chi connectivity index (χ4v) is 3.52. The Balaban J connectivity index is 2.75. The van der Waals surface area contributed by atoms with Gasteiger partial charge in [-0.15, -0.1) is 0 Å². The largest absolute Gasteiger partial charge is 0.295 e. The van der Waals surface area contributed by atoms with Crippen LogP contribution < -0.4 is 0 Å². The maximum atomic E-state index is 11.3. The van der Waals surface area contributed by atoms with Crippen molar-refractivity contribution < 1.29 is 25.9 Å². The summed E-state index contributed by atoms with van der Waals surface area (Å²) in [5, 5.41) is 0. The second-order valence-electron chi connectivity index (χ2n) is 3.98. The topological polar surface area (TPSA) is 109 Å². The first-order valence-electron chi connectivity index (χ1n) is 5.34. The third-order valence-corrected chi connectivity index (χ3v) is 4.54. The molecule has 0 atom stereocenters. The highest BCUT2D eigenvalue weighted by Gasteiger charge is 2.24. The number of hydrogen-bond acceptors (Lipinski definition) is 4. The van der Waals surface area contributed by atoms with Crippen LogP contribution >= 0.6 is 0 Å². The van der Waals surface area contributed by atoms with Gasteiger partial charge in [0.1, 0.15) is 9.79 Å². The van der Waals surface area contributed by atoms with E-state index in [1.807, 2.05) is 0 Å². The van der Waals surface area contributed by atoms with Crippen LogP contribution in [0.25, 0.3) is 11.1 Å². The molecule has 0 spiro atoms. The summed E-state index contributed by atoms with van der Waals surface area (Å²) in [4.78, 5) is -1.72. The molecule has 0 heterocycles. The first kappa shape index (κ1) is 14.7. The van der Waals surface area contributed by atoms with Crippen LogP contribution in [-0.2, 0) is 20.2 Å². The quantitative estimate of drug-likeness (QED) is 0.837. The van der Waals surface area contributed by atoms with Crippen LogP contribution in [0.5, 0.6) is 0 Å². The van der Waals surface area contributed by atoms with E-state index in [1.54, 1.807) is 30.3 Å². The Morgan fingerprint density at radius 1 is 0.650 bits per heavy atom. The second-order valence-corrected chi connectivity index (χ2v) is 6.76.